The molecule has 3 saturated heterocycles. The summed E-state index contributed by atoms with van der Waals surface area (Å²) in [6.45, 7) is -1.14. The fourth-order valence-corrected chi connectivity index (χ4v) is 9.01. The first kappa shape index (κ1) is 43.0. The SMILES string of the molecule is Cc1cn([C@H]2C[C@H](OP(=O)(O)OC[C@H]3O[C@@H](n4cnc5c(N)ncnc54)[C@H](O)[C@@H]3O)[C@@H](COP(=O)(O)O[C@H]3[C@@H](O)[C@H](n4cnc5c(N)ncnc54)O[C@@H]3CO)O2)c(=O)[nH]c1=O. The number of phosphoric acid groups is 2. The highest BCUT2D eigenvalue weighted by Gasteiger charge is 2.51. The number of fused-ring (bicyclic) bond motifs is 2. The molecular weight excluding hydrogens is 862 g/mol. The lowest BCUT2D eigenvalue weighted by Gasteiger charge is -2.25. The molecule has 5 aromatic heterocycles. The summed E-state index contributed by atoms with van der Waals surface area (Å²) < 4.78 is 68.6. The third-order valence-electron chi connectivity index (χ3n) is 10.1. The van der Waals surface area contributed by atoms with E-state index in [4.69, 9.17) is 43.8 Å². The van der Waals surface area contributed by atoms with Crippen molar-refractivity contribution < 1.29 is 71.6 Å². The summed E-state index contributed by atoms with van der Waals surface area (Å²) in [6, 6.07) is 0. The van der Waals surface area contributed by atoms with E-state index in [2.05, 4.69) is 34.9 Å². The average molecular weight is 901 g/mol. The molecule has 3 fully saturated rings. The van der Waals surface area contributed by atoms with E-state index in [1.165, 1.54) is 28.7 Å². The van der Waals surface area contributed by atoms with Crippen molar-refractivity contribution in [2.24, 2.45) is 0 Å². The summed E-state index contributed by atoms with van der Waals surface area (Å²) in [6.07, 6.45) is -11.0. The Hall–Kier alpha value is -4.68. The highest BCUT2D eigenvalue weighted by molar-refractivity contribution is 7.47. The van der Waals surface area contributed by atoms with Crippen LogP contribution in [0.5, 0.6) is 0 Å². The van der Waals surface area contributed by atoms with Gasteiger partial charge in [-0.1, -0.05) is 0 Å². The van der Waals surface area contributed by atoms with Gasteiger partial charge < -0.3 is 55.9 Å². The molecule has 0 saturated carbocycles. The number of phosphoric ester groups is 2. The second-order valence-electron chi connectivity index (χ2n) is 14.0. The first-order valence-electron chi connectivity index (χ1n) is 18.1. The van der Waals surface area contributed by atoms with Gasteiger partial charge in [-0.25, -0.2) is 43.8 Å². The smallest absolute Gasteiger partial charge is 0.394 e. The zero-order valence-corrected chi connectivity index (χ0v) is 33.1. The van der Waals surface area contributed by atoms with Gasteiger partial charge in [-0.15, -0.1) is 0 Å². The molecule has 61 heavy (non-hydrogen) atoms. The maximum absolute atomic E-state index is 13.4. The fourth-order valence-electron chi connectivity index (χ4n) is 7.09. The predicted octanol–water partition coefficient (Wildman–Crippen LogP) is -3.15. The molecule has 8 heterocycles. The van der Waals surface area contributed by atoms with Crippen LogP contribution in [0.25, 0.3) is 22.3 Å². The Morgan fingerprint density at radius 1 is 0.770 bits per heavy atom. The second kappa shape index (κ2) is 16.5. The van der Waals surface area contributed by atoms with Crippen LogP contribution in [0.3, 0.4) is 0 Å². The van der Waals surface area contributed by atoms with Crippen molar-refractivity contribution in [3.63, 3.8) is 0 Å². The number of nitrogens with two attached hydrogens (primary N) is 2. The van der Waals surface area contributed by atoms with Gasteiger partial charge in [-0.3, -0.25) is 41.6 Å². The standard InChI is InChI=1S/C30H38N12O17P2/c1-11-3-40(30(48)39-27(11)47)16-2-12(58-60(49,50)54-6-15-19(44)20(45)28(57-15)41-9-37-17-23(31)33-7-35-25(17)41)14(55-16)5-53-61(51,52)59-22-13(4-43)56-29(21(22)46)42-10-38-18-24(32)34-8-36-26(18)42/h3,7-10,12-16,19-22,28-29,43-46H,2,4-6H2,1H3,(H,49,50)(H,51,52)(H2,31,33,35)(H2,32,34,36)(H,39,47,48)/t12-,13+,14+,15+,16+,19+,20+,21+,22+,28+,29+/m0/s1. The van der Waals surface area contributed by atoms with Crippen molar-refractivity contribution in [1.82, 2.24) is 48.6 Å². The molecule has 2 unspecified atom stereocenters. The Balaban J connectivity index is 0.956. The summed E-state index contributed by atoms with van der Waals surface area (Å²) >= 11 is 0. The van der Waals surface area contributed by atoms with Crippen molar-refractivity contribution >= 4 is 49.6 Å². The Morgan fingerprint density at radius 2 is 1.33 bits per heavy atom. The van der Waals surface area contributed by atoms with Gasteiger partial charge in [0.25, 0.3) is 5.56 Å². The van der Waals surface area contributed by atoms with Crippen LogP contribution in [0.4, 0.5) is 11.6 Å². The monoisotopic (exact) mass is 900 g/mol. The minimum absolute atomic E-state index is 0.0253. The molecule has 0 amide bonds. The first-order valence-corrected chi connectivity index (χ1v) is 21.0. The van der Waals surface area contributed by atoms with E-state index < -0.39 is 121 Å². The number of hydrogen-bond acceptors (Lipinski definition) is 23. The molecule has 3 aliphatic rings. The molecule has 330 valence electrons. The van der Waals surface area contributed by atoms with E-state index in [0.717, 1.165) is 23.4 Å². The minimum atomic E-state index is -5.25. The van der Waals surface area contributed by atoms with Gasteiger partial charge in [0.2, 0.25) is 0 Å². The van der Waals surface area contributed by atoms with Crippen LogP contribution in [0.15, 0.2) is 41.1 Å². The van der Waals surface area contributed by atoms with E-state index in [-0.39, 0.29) is 39.5 Å². The number of rotatable bonds is 14. The summed E-state index contributed by atoms with van der Waals surface area (Å²) in [5, 5.41) is 42.7. The number of H-pyrrole nitrogens is 1. The number of ether oxygens (including phenoxy) is 3. The van der Waals surface area contributed by atoms with Crippen LogP contribution in [0.1, 0.15) is 30.7 Å². The van der Waals surface area contributed by atoms with Crippen LogP contribution < -0.4 is 22.7 Å². The van der Waals surface area contributed by atoms with Gasteiger partial charge in [0, 0.05) is 18.2 Å². The topological polar surface area (TPSA) is 414 Å². The number of imidazole rings is 2. The van der Waals surface area contributed by atoms with E-state index in [0.29, 0.717) is 0 Å². The molecule has 11 N–H and O–H groups in total. The minimum Gasteiger partial charge on any atom is -0.394 e. The van der Waals surface area contributed by atoms with Gasteiger partial charge in [0.05, 0.1) is 32.5 Å². The van der Waals surface area contributed by atoms with E-state index in [1.807, 2.05) is 0 Å². The fraction of sp³-hybridized carbons (Fsp3) is 0.533. The number of aryl methyl sites for hydroxylation is 1. The summed E-state index contributed by atoms with van der Waals surface area (Å²) in [5.74, 6) is 0.0677. The first-order chi connectivity index (χ1) is 28.9. The maximum Gasteiger partial charge on any atom is 0.472 e. The summed E-state index contributed by atoms with van der Waals surface area (Å²) in [4.78, 5) is 72.6. The lowest BCUT2D eigenvalue weighted by atomic mass is 10.1. The van der Waals surface area contributed by atoms with E-state index in [9.17, 15) is 48.9 Å². The number of aliphatic hydroxyl groups is 4. The molecule has 0 bridgehead atoms. The number of anilines is 2. The maximum atomic E-state index is 13.4. The molecule has 29 nitrogen and oxygen atoms in total. The Kier molecular flexibility index (Phi) is 11.7. The molecular formula is C30H38N12O17P2. The number of hydrogen-bond donors (Lipinski definition) is 9. The van der Waals surface area contributed by atoms with Crippen molar-refractivity contribution in [3.05, 3.63) is 57.9 Å². The molecule has 31 heteroatoms. The zero-order chi connectivity index (χ0) is 43.5. The predicted molar refractivity (Wildman–Crippen MR) is 198 cm³/mol. The Bertz CT molecular complexity index is 2640. The average Bonchev–Trinajstić information content (AvgIpc) is 4.04. The molecule has 3 aliphatic heterocycles. The highest BCUT2D eigenvalue weighted by atomic mass is 31.2. The highest BCUT2D eigenvalue weighted by Crippen LogP contribution is 2.52. The largest absolute Gasteiger partial charge is 0.472 e. The van der Waals surface area contributed by atoms with Crippen LogP contribution in [0.2, 0.25) is 0 Å². The molecule has 8 rings (SSSR count). The van der Waals surface area contributed by atoms with Gasteiger partial charge in [-0.2, -0.15) is 0 Å². The third kappa shape index (κ3) is 8.34. The molecule has 0 spiro atoms. The second-order valence-corrected chi connectivity index (χ2v) is 16.8. The van der Waals surface area contributed by atoms with Crippen LogP contribution >= 0.6 is 15.6 Å². The Labute approximate surface area is 339 Å². The summed E-state index contributed by atoms with van der Waals surface area (Å²) in [5.41, 5.74) is 10.8. The van der Waals surface area contributed by atoms with Crippen LogP contribution in [-0.2, 0) is 41.4 Å². The van der Waals surface area contributed by atoms with Crippen molar-refractivity contribution in [3.8, 4) is 0 Å². The Morgan fingerprint density at radius 3 is 1.93 bits per heavy atom. The quantitative estimate of drug-likeness (QED) is 0.0497. The number of aromatic amines is 1. The number of nitrogens with one attached hydrogen (secondary N) is 1. The number of aromatic nitrogens is 10. The summed E-state index contributed by atoms with van der Waals surface area (Å²) in [7, 11) is -10.4. The lowest BCUT2D eigenvalue weighted by Crippen LogP contribution is -2.36. The van der Waals surface area contributed by atoms with Crippen molar-refractivity contribution in [2.75, 3.05) is 31.3 Å². The number of nitrogens with zero attached hydrogens (tertiary/aromatic N) is 9. The molecule has 13 atom stereocenters. The van der Waals surface area contributed by atoms with Crippen LogP contribution in [0, 0.1) is 6.92 Å². The normalized spacial score (nSPS) is 31.2. The number of aliphatic hydroxyl groups excluding tert-OH is 4. The molecule has 0 aliphatic carbocycles. The molecule has 0 radical (unpaired) electrons. The third-order valence-corrected chi connectivity index (χ3v) is 12.1. The van der Waals surface area contributed by atoms with Gasteiger partial charge >= 0.3 is 21.3 Å². The number of nitrogen functional groups attached to an aromatic ring is 2. The zero-order valence-electron chi connectivity index (χ0n) is 31.3. The molecule has 0 aromatic carbocycles. The lowest BCUT2D eigenvalue weighted by molar-refractivity contribution is -0.0623. The van der Waals surface area contributed by atoms with Gasteiger partial charge in [0.1, 0.15) is 78.7 Å². The van der Waals surface area contributed by atoms with E-state index in [1.54, 1.807) is 0 Å². The molecule has 5 aromatic rings. The van der Waals surface area contributed by atoms with Gasteiger partial charge in [0.15, 0.2) is 35.4 Å². The van der Waals surface area contributed by atoms with E-state index >= 15 is 0 Å². The van der Waals surface area contributed by atoms with Gasteiger partial charge in [-0.05, 0) is 6.92 Å². The van der Waals surface area contributed by atoms with Crippen molar-refractivity contribution in [1.29, 1.82) is 0 Å². The van der Waals surface area contributed by atoms with Crippen LogP contribution in [-0.4, -0.2) is 147 Å². The van der Waals surface area contributed by atoms with Crippen molar-refractivity contribution in [2.45, 2.75) is 80.9 Å².